The molecule has 2 rings (SSSR count). The second kappa shape index (κ2) is 8.38. The third-order valence-electron chi connectivity index (χ3n) is 3.44. The Kier molecular flexibility index (Phi) is 7.80. The first kappa shape index (κ1) is 19.5. The first-order chi connectivity index (χ1) is 9.36. The van der Waals surface area contributed by atoms with Gasteiger partial charge in [0.15, 0.2) is 0 Å². The van der Waals surface area contributed by atoms with Gasteiger partial charge in [0.05, 0.1) is 0 Å². The molecule has 21 heavy (non-hydrogen) atoms. The number of piperazine rings is 1. The van der Waals surface area contributed by atoms with Crippen molar-refractivity contribution in [2.45, 2.75) is 0 Å². The van der Waals surface area contributed by atoms with E-state index in [1.165, 1.54) is 0 Å². The molecule has 1 heterocycles. The van der Waals surface area contributed by atoms with Crippen molar-refractivity contribution in [1.29, 1.82) is 0 Å². The molecule has 0 radical (unpaired) electrons. The second-order valence-corrected chi connectivity index (χ2v) is 5.41. The predicted molar refractivity (Wildman–Crippen MR) is 78.3 cm³/mol. The molecule has 1 fully saturated rings. The first-order valence-corrected chi connectivity index (χ1v) is 6.84. The van der Waals surface area contributed by atoms with Gasteiger partial charge in [0, 0.05) is 36.9 Å². The Labute approximate surface area is 170 Å². The van der Waals surface area contributed by atoms with Gasteiger partial charge in [-0.15, -0.1) is 12.1 Å². The van der Waals surface area contributed by atoms with Crippen molar-refractivity contribution >= 4 is 24.3 Å². The molecule has 0 spiro atoms. The minimum Gasteiger partial charge on any atom is -0.445 e. The molecule has 1 aromatic carbocycles. The van der Waals surface area contributed by atoms with E-state index in [1.807, 2.05) is 18.2 Å². The van der Waals surface area contributed by atoms with Crippen LogP contribution in [0.5, 0.6) is 0 Å². The Bertz CT molecular complexity index is 491. The molecule has 0 N–H and O–H groups in total. The molecule has 0 aromatic heterocycles. The van der Waals surface area contributed by atoms with E-state index in [4.69, 9.17) is 11.6 Å². The van der Waals surface area contributed by atoms with Crippen LogP contribution < -0.4 is 56.3 Å². The van der Waals surface area contributed by atoms with E-state index < -0.39 is 12.4 Å². The van der Waals surface area contributed by atoms with Crippen LogP contribution in [-0.4, -0.2) is 44.6 Å². The Balaban J connectivity index is 0.00000220. The van der Waals surface area contributed by atoms with Crippen LogP contribution in [-0.2, 0) is 0 Å². The fraction of sp³-hybridized carbons (Fsp3) is 0.385. The fourth-order valence-electron chi connectivity index (χ4n) is 2.23. The summed E-state index contributed by atoms with van der Waals surface area (Å²) < 4.78 is 37.5. The van der Waals surface area contributed by atoms with Crippen molar-refractivity contribution in [3.05, 3.63) is 41.3 Å². The average molecular weight is 343 g/mol. The standard InChI is InChI=1S/C13H16BClF3N2.K/c1-11(14(16,17)18)10-19-5-7-20(8-6-19)13-4-2-3-12(15)9-13;/h2-4,9H,1,5-8,10H2;/q-1;+1. The zero-order chi connectivity index (χ0) is 14.8. The van der Waals surface area contributed by atoms with Crippen LogP contribution in [0.25, 0.3) is 0 Å². The smallest absolute Gasteiger partial charge is 0.445 e. The van der Waals surface area contributed by atoms with Crippen molar-refractivity contribution < 1.29 is 64.3 Å². The van der Waals surface area contributed by atoms with E-state index in [2.05, 4.69) is 11.5 Å². The largest absolute Gasteiger partial charge is 1.00 e. The van der Waals surface area contributed by atoms with Crippen molar-refractivity contribution in [3.8, 4) is 0 Å². The number of halogens is 4. The molecule has 110 valence electrons. The third kappa shape index (κ3) is 5.90. The topological polar surface area (TPSA) is 6.48 Å². The maximum atomic E-state index is 12.5. The molecule has 0 atom stereocenters. The van der Waals surface area contributed by atoms with Gasteiger partial charge in [-0.2, -0.15) is 0 Å². The van der Waals surface area contributed by atoms with Crippen molar-refractivity contribution in [2.75, 3.05) is 37.6 Å². The minimum absolute atomic E-state index is 0. The van der Waals surface area contributed by atoms with Crippen molar-refractivity contribution in [2.24, 2.45) is 0 Å². The summed E-state index contributed by atoms with van der Waals surface area (Å²) >= 11 is 5.94. The Morgan fingerprint density at radius 3 is 2.33 bits per heavy atom. The van der Waals surface area contributed by atoms with Crippen LogP contribution in [0.2, 0.25) is 5.02 Å². The maximum Gasteiger partial charge on any atom is 1.00 e. The van der Waals surface area contributed by atoms with E-state index in [0.29, 0.717) is 31.2 Å². The van der Waals surface area contributed by atoms with Gasteiger partial charge in [-0.1, -0.05) is 17.7 Å². The van der Waals surface area contributed by atoms with Gasteiger partial charge >= 0.3 is 58.4 Å². The number of benzene rings is 1. The minimum atomic E-state index is -4.93. The molecule has 8 heteroatoms. The average Bonchev–Trinajstić information content (AvgIpc) is 2.38. The van der Waals surface area contributed by atoms with Gasteiger partial charge < -0.3 is 17.8 Å². The van der Waals surface area contributed by atoms with E-state index >= 15 is 0 Å². The van der Waals surface area contributed by atoms with E-state index in [0.717, 1.165) is 5.69 Å². The normalized spacial score (nSPS) is 16.5. The number of anilines is 1. The second-order valence-electron chi connectivity index (χ2n) is 4.98. The van der Waals surface area contributed by atoms with Crippen LogP contribution >= 0.6 is 11.6 Å². The summed E-state index contributed by atoms with van der Waals surface area (Å²) in [5, 5.41) is 0.665. The van der Waals surface area contributed by atoms with Gasteiger partial charge in [-0.3, -0.25) is 4.90 Å². The van der Waals surface area contributed by atoms with Crippen LogP contribution in [0.4, 0.5) is 18.6 Å². The third-order valence-corrected chi connectivity index (χ3v) is 3.67. The van der Waals surface area contributed by atoms with Crippen molar-refractivity contribution in [3.63, 3.8) is 0 Å². The van der Waals surface area contributed by atoms with E-state index in [-0.39, 0.29) is 57.9 Å². The van der Waals surface area contributed by atoms with Crippen LogP contribution in [0.15, 0.2) is 36.3 Å². The molecular weight excluding hydrogens is 327 g/mol. The Morgan fingerprint density at radius 1 is 1.19 bits per heavy atom. The Morgan fingerprint density at radius 2 is 1.81 bits per heavy atom. The summed E-state index contributed by atoms with van der Waals surface area (Å²) in [7, 11) is 0. The summed E-state index contributed by atoms with van der Waals surface area (Å²) in [6, 6.07) is 7.50. The van der Waals surface area contributed by atoms with Gasteiger partial charge in [-0.05, 0) is 24.7 Å². The van der Waals surface area contributed by atoms with Gasteiger partial charge in [0.25, 0.3) is 0 Å². The monoisotopic (exact) mass is 342 g/mol. The molecule has 0 aliphatic carbocycles. The van der Waals surface area contributed by atoms with Crippen LogP contribution in [0.1, 0.15) is 0 Å². The summed E-state index contributed by atoms with van der Waals surface area (Å²) in [5.41, 5.74) is 0.386. The van der Waals surface area contributed by atoms with Gasteiger partial charge in [0.1, 0.15) is 0 Å². The first-order valence-electron chi connectivity index (χ1n) is 6.47. The predicted octanol–water partition coefficient (Wildman–Crippen LogP) is 0.409. The van der Waals surface area contributed by atoms with Gasteiger partial charge in [0.2, 0.25) is 0 Å². The molecular formula is C13H16BClF3KN2. The summed E-state index contributed by atoms with van der Waals surface area (Å²) in [6.07, 6.45) is 0. The Hall–Kier alpha value is 0.501. The summed E-state index contributed by atoms with van der Waals surface area (Å²) in [6.45, 7) is 0.693. The summed E-state index contributed by atoms with van der Waals surface area (Å²) in [5.74, 6) is 0. The zero-order valence-corrected chi connectivity index (χ0v) is 15.9. The van der Waals surface area contributed by atoms with E-state index in [9.17, 15) is 12.9 Å². The van der Waals surface area contributed by atoms with Crippen molar-refractivity contribution in [1.82, 2.24) is 4.90 Å². The molecule has 1 aliphatic heterocycles. The number of nitrogens with zero attached hydrogens (tertiary/aromatic N) is 2. The summed E-state index contributed by atoms with van der Waals surface area (Å²) in [4.78, 5) is 3.92. The zero-order valence-electron chi connectivity index (χ0n) is 12.0. The maximum absolute atomic E-state index is 12.5. The van der Waals surface area contributed by atoms with Crippen LogP contribution in [0, 0.1) is 0 Å². The fourth-order valence-corrected chi connectivity index (χ4v) is 2.41. The van der Waals surface area contributed by atoms with Crippen LogP contribution in [0.3, 0.4) is 0 Å². The van der Waals surface area contributed by atoms with E-state index in [1.54, 1.807) is 11.0 Å². The molecule has 0 amide bonds. The SMILES string of the molecule is C=C(CN1CCN(c2cccc(Cl)c2)CC1)[B-](F)(F)F.[K+]. The van der Waals surface area contributed by atoms with Gasteiger partial charge in [-0.25, -0.2) is 0 Å². The molecule has 2 nitrogen and oxygen atoms in total. The molecule has 1 aromatic rings. The quantitative estimate of drug-likeness (QED) is 0.731. The molecule has 1 aliphatic rings. The molecule has 0 unspecified atom stereocenters. The number of hydrogen-bond acceptors (Lipinski definition) is 2. The number of rotatable bonds is 4. The molecule has 1 saturated heterocycles. The number of hydrogen-bond donors (Lipinski definition) is 0. The molecule has 0 saturated carbocycles. The molecule has 0 bridgehead atoms.